The number of Topliss-reactive ketones (excluding diaryl/α,β-unsaturated/α-hetero) is 1. The van der Waals surface area contributed by atoms with E-state index in [9.17, 15) is 18.4 Å². The third kappa shape index (κ3) is 4.20. The highest BCUT2D eigenvalue weighted by molar-refractivity contribution is 6.44. The number of fused-ring (bicyclic) bond motifs is 1. The molecule has 3 rings (SSSR count). The van der Waals surface area contributed by atoms with Gasteiger partial charge in [-0.1, -0.05) is 24.6 Å². The number of carbonyl (C=O) groups is 2. The Morgan fingerprint density at radius 3 is 2.71 bits per heavy atom. The molecule has 0 bridgehead atoms. The van der Waals surface area contributed by atoms with Crippen molar-refractivity contribution in [2.75, 3.05) is 6.61 Å². The summed E-state index contributed by atoms with van der Waals surface area (Å²) in [5.74, 6) is -2.31. The molecule has 2 aromatic carbocycles. The zero-order chi connectivity index (χ0) is 20.3. The number of hydrogen-bond donors (Lipinski definition) is 1. The average Bonchev–Trinajstić information content (AvgIpc) is 2.68. The van der Waals surface area contributed by atoms with E-state index in [0.29, 0.717) is 12.0 Å². The third-order valence-corrected chi connectivity index (χ3v) is 4.39. The fraction of sp³-hybridized carbons (Fsp3) is 0.250. The largest absolute Gasteiger partial charge is 0.490 e. The lowest BCUT2D eigenvalue weighted by Crippen LogP contribution is -2.33. The van der Waals surface area contributed by atoms with E-state index in [1.54, 1.807) is 0 Å². The summed E-state index contributed by atoms with van der Waals surface area (Å²) in [4.78, 5) is 29.1. The Morgan fingerprint density at radius 1 is 1.25 bits per heavy atom. The highest BCUT2D eigenvalue weighted by Crippen LogP contribution is 2.35. The number of benzene rings is 2. The van der Waals surface area contributed by atoms with E-state index in [1.807, 2.05) is 6.92 Å². The van der Waals surface area contributed by atoms with Crippen LogP contribution in [0.5, 0.6) is 5.75 Å². The Labute approximate surface area is 165 Å². The molecule has 1 aliphatic heterocycles. The van der Waals surface area contributed by atoms with E-state index in [1.165, 1.54) is 24.3 Å². The molecule has 1 heterocycles. The predicted octanol–water partition coefficient (Wildman–Crippen LogP) is 4.38. The molecule has 5 nitrogen and oxygen atoms in total. The van der Waals surface area contributed by atoms with Crippen molar-refractivity contribution in [3.8, 4) is 5.75 Å². The van der Waals surface area contributed by atoms with Crippen molar-refractivity contribution in [3.63, 3.8) is 0 Å². The molecular weight excluding hydrogens is 390 g/mol. The molecule has 1 aliphatic rings. The number of carbonyl (C=O) groups excluding carboxylic acids is 2. The van der Waals surface area contributed by atoms with Crippen molar-refractivity contribution in [1.82, 2.24) is 5.32 Å². The van der Waals surface area contributed by atoms with Crippen LogP contribution in [0.4, 0.5) is 14.5 Å². The minimum absolute atomic E-state index is 0.0127. The maximum atomic E-state index is 14.1. The molecule has 1 amide bonds. The summed E-state index contributed by atoms with van der Waals surface area (Å²) in [5, 5.41) is 2.57. The van der Waals surface area contributed by atoms with Crippen LogP contribution in [0.1, 0.15) is 35.7 Å². The van der Waals surface area contributed by atoms with Gasteiger partial charge in [0.1, 0.15) is 11.5 Å². The van der Waals surface area contributed by atoms with E-state index in [2.05, 4.69) is 10.3 Å². The van der Waals surface area contributed by atoms with Gasteiger partial charge in [-0.3, -0.25) is 9.59 Å². The van der Waals surface area contributed by atoms with Crippen LogP contribution >= 0.6 is 11.6 Å². The average molecular weight is 407 g/mol. The van der Waals surface area contributed by atoms with Gasteiger partial charge in [0.2, 0.25) is 0 Å². The van der Waals surface area contributed by atoms with Crippen LogP contribution in [-0.2, 0) is 11.3 Å². The number of ether oxygens (including phenoxy) is 1. The summed E-state index contributed by atoms with van der Waals surface area (Å²) in [6.07, 6.45) is 0.385. The second-order valence-corrected chi connectivity index (χ2v) is 6.62. The summed E-state index contributed by atoms with van der Waals surface area (Å²) < 4.78 is 32.6. The number of ketones is 1. The van der Waals surface area contributed by atoms with Gasteiger partial charge in [0.25, 0.3) is 5.91 Å². The zero-order valence-electron chi connectivity index (χ0n) is 15.0. The van der Waals surface area contributed by atoms with Gasteiger partial charge in [-0.15, -0.1) is 0 Å². The van der Waals surface area contributed by atoms with E-state index in [-0.39, 0.29) is 47.3 Å². The van der Waals surface area contributed by atoms with Gasteiger partial charge >= 0.3 is 0 Å². The molecule has 28 heavy (non-hydrogen) atoms. The van der Waals surface area contributed by atoms with Crippen LogP contribution in [0, 0.1) is 11.6 Å². The van der Waals surface area contributed by atoms with E-state index >= 15 is 0 Å². The van der Waals surface area contributed by atoms with Gasteiger partial charge in [0.05, 0.1) is 29.3 Å². The minimum Gasteiger partial charge on any atom is -0.490 e. The highest BCUT2D eigenvalue weighted by atomic mass is 35.5. The maximum absolute atomic E-state index is 14.1. The summed E-state index contributed by atoms with van der Waals surface area (Å²) in [6, 6.07) is 6.59. The quantitative estimate of drug-likeness (QED) is 0.774. The van der Waals surface area contributed by atoms with Crippen LogP contribution in [0.3, 0.4) is 0 Å². The van der Waals surface area contributed by atoms with Crippen LogP contribution in [0.15, 0.2) is 35.3 Å². The number of rotatable bonds is 6. The Hall–Kier alpha value is -2.80. The second kappa shape index (κ2) is 8.48. The fourth-order valence-corrected chi connectivity index (χ4v) is 2.95. The number of nitrogens with zero attached hydrogens (tertiary/aromatic N) is 1. The summed E-state index contributed by atoms with van der Waals surface area (Å²) in [6.45, 7) is 2.22. The van der Waals surface area contributed by atoms with Gasteiger partial charge < -0.3 is 10.1 Å². The zero-order valence-corrected chi connectivity index (χ0v) is 15.8. The van der Waals surface area contributed by atoms with Crippen LogP contribution in [0.2, 0.25) is 5.02 Å². The van der Waals surface area contributed by atoms with Crippen molar-refractivity contribution in [2.45, 2.75) is 26.3 Å². The number of hydrogen-bond acceptors (Lipinski definition) is 4. The molecule has 0 fully saturated rings. The standard InChI is InChI=1S/C20H17ClF2N2O3/c1-2-7-28-19-14(23)5-6-15-18(19)17(26)9-16(25-15)20(27)24-10-11-3-4-13(22)12(21)8-11/h3-6,8H,2,7,9-10H2,1H3,(H,24,27). The highest BCUT2D eigenvalue weighted by Gasteiger charge is 2.29. The first kappa shape index (κ1) is 19.9. The Morgan fingerprint density at radius 2 is 2.00 bits per heavy atom. The third-order valence-electron chi connectivity index (χ3n) is 4.10. The molecule has 0 radical (unpaired) electrons. The number of nitrogens with one attached hydrogen (secondary N) is 1. The molecule has 0 saturated carbocycles. The van der Waals surface area contributed by atoms with Crippen molar-refractivity contribution in [1.29, 1.82) is 0 Å². The molecule has 2 aromatic rings. The van der Waals surface area contributed by atoms with Crippen molar-refractivity contribution >= 4 is 34.7 Å². The van der Waals surface area contributed by atoms with E-state index in [4.69, 9.17) is 16.3 Å². The molecule has 0 atom stereocenters. The Bertz CT molecular complexity index is 976. The maximum Gasteiger partial charge on any atom is 0.266 e. The molecule has 0 saturated heterocycles. The Kier molecular flexibility index (Phi) is 6.04. The van der Waals surface area contributed by atoms with Crippen molar-refractivity contribution < 1.29 is 23.1 Å². The lowest BCUT2D eigenvalue weighted by molar-refractivity contribution is -0.115. The molecule has 0 unspecified atom stereocenters. The first-order chi connectivity index (χ1) is 13.4. The van der Waals surface area contributed by atoms with Crippen molar-refractivity contribution in [2.24, 2.45) is 4.99 Å². The summed E-state index contributed by atoms with van der Waals surface area (Å²) >= 11 is 5.72. The van der Waals surface area contributed by atoms with E-state index in [0.717, 1.165) is 6.07 Å². The number of amides is 1. The van der Waals surface area contributed by atoms with Crippen LogP contribution < -0.4 is 10.1 Å². The SMILES string of the molecule is CCCOc1c(F)ccc2c1C(=O)CC(C(=O)NCc1ccc(F)c(Cl)c1)=N2. The molecule has 1 N–H and O–H groups in total. The molecular formula is C20H17ClF2N2O3. The van der Waals surface area contributed by atoms with Gasteiger partial charge in [0.15, 0.2) is 17.3 Å². The van der Waals surface area contributed by atoms with Crippen LogP contribution in [0.25, 0.3) is 0 Å². The predicted molar refractivity (Wildman–Crippen MR) is 101 cm³/mol. The molecule has 0 aliphatic carbocycles. The normalized spacial score (nSPS) is 13.0. The molecule has 0 aromatic heterocycles. The lowest BCUT2D eigenvalue weighted by Gasteiger charge is -2.18. The number of aliphatic imine (C=N–C) groups is 1. The molecule has 146 valence electrons. The van der Waals surface area contributed by atoms with Gasteiger partial charge in [-0.05, 0) is 36.2 Å². The van der Waals surface area contributed by atoms with Gasteiger partial charge in [-0.2, -0.15) is 0 Å². The van der Waals surface area contributed by atoms with Gasteiger partial charge in [-0.25, -0.2) is 13.8 Å². The first-order valence-electron chi connectivity index (χ1n) is 8.69. The monoisotopic (exact) mass is 406 g/mol. The van der Waals surface area contributed by atoms with E-state index < -0.39 is 23.3 Å². The minimum atomic E-state index is -0.642. The molecule has 0 spiro atoms. The molecule has 8 heteroatoms. The second-order valence-electron chi connectivity index (χ2n) is 6.21. The Balaban J connectivity index is 1.79. The number of halogens is 3. The van der Waals surface area contributed by atoms with Crippen molar-refractivity contribution in [3.05, 3.63) is 58.1 Å². The fourth-order valence-electron chi connectivity index (χ4n) is 2.75. The summed E-state index contributed by atoms with van der Waals surface area (Å²) in [5.41, 5.74) is 0.855. The summed E-state index contributed by atoms with van der Waals surface area (Å²) in [7, 11) is 0. The first-order valence-corrected chi connectivity index (χ1v) is 9.06. The smallest absolute Gasteiger partial charge is 0.266 e. The van der Waals surface area contributed by atoms with Crippen LogP contribution in [-0.4, -0.2) is 24.0 Å². The lowest BCUT2D eigenvalue weighted by atomic mass is 9.98. The topological polar surface area (TPSA) is 67.8 Å². The van der Waals surface area contributed by atoms with Gasteiger partial charge in [0, 0.05) is 6.54 Å².